The van der Waals surface area contributed by atoms with E-state index in [1.165, 1.54) is 6.07 Å². The third-order valence-electron chi connectivity index (χ3n) is 2.03. The zero-order chi connectivity index (χ0) is 10.7. The van der Waals surface area contributed by atoms with E-state index >= 15 is 0 Å². The lowest BCUT2D eigenvalue weighted by Crippen LogP contribution is -2.03. The Balaban J connectivity index is 2.33. The van der Waals surface area contributed by atoms with E-state index in [4.69, 9.17) is 5.73 Å². The lowest BCUT2D eigenvalue weighted by Gasteiger charge is -1.95. The maximum absolute atomic E-state index is 13.4. The van der Waals surface area contributed by atoms with Gasteiger partial charge >= 0.3 is 0 Å². The van der Waals surface area contributed by atoms with Gasteiger partial charge in [-0.15, -0.1) is 0 Å². The van der Waals surface area contributed by atoms with Gasteiger partial charge in [0, 0.05) is 6.42 Å². The van der Waals surface area contributed by atoms with Crippen LogP contribution in [0.3, 0.4) is 0 Å². The van der Waals surface area contributed by atoms with Gasteiger partial charge in [0.15, 0.2) is 5.82 Å². The van der Waals surface area contributed by atoms with Gasteiger partial charge in [-0.25, -0.2) is 9.37 Å². The quantitative estimate of drug-likeness (QED) is 0.790. The Hall–Kier alpha value is -1.75. The highest BCUT2D eigenvalue weighted by molar-refractivity contribution is 5.55. The van der Waals surface area contributed by atoms with Crippen molar-refractivity contribution >= 4 is 0 Å². The third-order valence-corrected chi connectivity index (χ3v) is 2.03. The molecule has 5 heteroatoms. The second kappa shape index (κ2) is 4.18. The van der Waals surface area contributed by atoms with Crippen LogP contribution in [0.15, 0.2) is 24.3 Å². The third kappa shape index (κ3) is 2.02. The van der Waals surface area contributed by atoms with E-state index in [1.807, 2.05) is 0 Å². The molecule has 0 aliphatic carbocycles. The van der Waals surface area contributed by atoms with E-state index < -0.39 is 0 Å². The Labute approximate surface area is 86.3 Å². The Kier molecular flexibility index (Phi) is 2.73. The number of rotatable bonds is 3. The van der Waals surface area contributed by atoms with Crippen LogP contribution in [0.1, 0.15) is 5.82 Å². The van der Waals surface area contributed by atoms with Crippen LogP contribution < -0.4 is 5.73 Å². The molecular formula is C10H11FN4. The van der Waals surface area contributed by atoms with Crippen LogP contribution in [0, 0.1) is 5.82 Å². The minimum Gasteiger partial charge on any atom is -0.330 e. The molecule has 78 valence electrons. The average Bonchev–Trinajstić information content (AvgIpc) is 2.68. The first kappa shape index (κ1) is 9.79. The maximum Gasteiger partial charge on any atom is 0.184 e. The Morgan fingerprint density at radius 2 is 2.13 bits per heavy atom. The van der Waals surface area contributed by atoms with Gasteiger partial charge in [-0.1, -0.05) is 12.1 Å². The number of halogens is 1. The molecule has 0 amide bonds. The summed E-state index contributed by atoms with van der Waals surface area (Å²) in [6.07, 6.45) is 0.613. The van der Waals surface area contributed by atoms with E-state index in [9.17, 15) is 4.39 Å². The Morgan fingerprint density at radius 1 is 1.33 bits per heavy atom. The lowest BCUT2D eigenvalue weighted by molar-refractivity contribution is 0.630. The number of benzene rings is 1. The fraction of sp³-hybridized carbons (Fsp3) is 0.200. The first-order chi connectivity index (χ1) is 7.31. The van der Waals surface area contributed by atoms with E-state index in [2.05, 4.69) is 15.2 Å². The summed E-state index contributed by atoms with van der Waals surface area (Å²) in [7, 11) is 0. The van der Waals surface area contributed by atoms with Gasteiger partial charge in [-0.2, -0.15) is 5.10 Å². The van der Waals surface area contributed by atoms with Crippen molar-refractivity contribution < 1.29 is 4.39 Å². The van der Waals surface area contributed by atoms with Gasteiger partial charge in [-0.3, -0.25) is 5.10 Å². The van der Waals surface area contributed by atoms with Crippen molar-refractivity contribution in [3.8, 4) is 11.4 Å². The fourth-order valence-corrected chi connectivity index (χ4v) is 1.31. The molecule has 1 aromatic carbocycles. The summed E-state index contributed by atoms with van der Waals surface area (Å²) in [5.41, 5.74) is 5.78. The van der Waals surface area contributed by atoms with Crippen molar-refractivity contribution in [2.45, 2.75) is 6.42 Å². The van der Waals surface area contributed by atoms with Crippen molar-refractivity contribution in [2.24, 2.45) is 5.73 Å². The average molecular weight is 206 g/mol. The summed E-state index contributed by atoms with van der Waals surface area (Å²) in [4.78, 5) is 4.14. The van der Waals surface area contributed by atoms with Crippen molar-refractivity contribution in [3.63, 3.8) is 0 Å². The monoisotopic (exact) mass is 206 g/mol. The van der Waals surface area contributed by atoms with Gasteiger partial charge in [0.25, 0.3) is 0 Å². The minimum absolute atomic E-state index is 0.323. The van der Waals surface area contributed by atoms with Gasteiger partial charge in [0.1, 0.15) is 11.6 Å². The molecule has 15 heavy (non-hydrogen) atoms. The second-order valence-corrected chi connectivity index (χ2v) is 3.12. The van der Waals surface area contributed by atoms with Crippen LogP contribution >= 0.6 is 0 Å². The van der Waals surface area contributed by atoms with Crippen LogP contribution in [0.5, 0.6) is 0 Å². The lowest BCUT2D eigenvalue weighted by atomic mass is 10.2. The SMILES string of the molecule is NCCc1nc(-c2ccccc2F)n[nH]1. The molecule has 0 atom stereocenters. The standard InChI is InChI=1S/C10H11FN4/c11-8-4-2-1-3-7(8)10-13-9(5-6-12)14-15-10/h1-4H,5-6,12H2,(H,13,14,15). The second-order valence-electron chi connectivity index (χ2n) is 3.12. The predicted molar refractivity (Wildman–Crippen MR) is 54.5 cm³/mol. The molecule has 2 aromatic rings. The predicted octanol–water partition coefficient (Wildman–Crippen LogP) is 1.11. The number of nitrogens with zero attached hydrogens (tertiary/aromatic N) is 2. The van der Waals surface area contributed by atoms with Crippen LogP contribution in [0.2, 0.25) is 0 Å². The minimum atomic E-state index is -0.323. The molecule has 3 N–H and O–H groups in total. The largest absolute Gasteiger partial charge is 0.330 e. The fourth-order valence-electron chi connectivity index (χ4n) is 1.31. The van der Waals surface area contributed by atoms with Crippen molar-refractivity contribution in [1.29, 1.82) is 0 Å². The van der Waals surface area contributed by atoms with Crippen molar-refractivity contribution in [2.75, 3.05) is 6.54 Å². The molecule has 1 aromatic heterocycles. The van der Waals surface area contributed by atoms with Crippen molar-refractivity contribution in [1.82, 2.24) is 15.2 Å². The number of aromatic amines is 1. The molecule has 0 saturated carbocycles. The zero-order valence-electron chi connectivity index (χ0n) is 8.07. The number of hydrogen-bond acceptors (Lipinski definition) is 3. The highest BCUT2D eigenvalue weighted by Crippen LogP contribution is 2.17. The molecule has 0 fully saturated rings. The molecule has 0 bridgehead atoms. The smallest absolute Gasteiger partial charge is 0.184 e. The molecule has 0 aliphatic rings. The summed E-state index contributed by atoms with van der Waals surface area (Å²) in [6, 6.07) is 6.41. The molecule has 0 radical (unpaired) electrons. The maximum atomic E-state index is 13.4. The number of aromatic nitrogens is 3. The molecule has 1 heterocycles. The van der Waals surface area contributed by atoms with Crippen LogP contribution in [-0.2, 0) is 6.42 Å². The van der Waals surface area contributed by atoms with Crippen LogP contribution in [0.4, 0.5) is 4.39 Å². The summed E-state index contributed by atoms with van der Waals surface area (Å²) < 4.78 is 13.4. The summed E-state index contributed by atoms with van der Waals surface area (Å²) in [5.74, 6) is 0.725. The van der Waals surface area contributed by atoms with E-state index in [0.29, 0.717) is 30.2 Å². The van der Waals surface area contributed by atoms with Gasteiger partial charge < -0.3 is 5.73 Å². The van der Waals surface area contributed by atoms with E-state index in [1.54, 1.807) is 18.2 Å². The molecule has 4 nitrogen and oxygen atoms in total. The zero-order valence-corrected chi connectivity index (χ0v) is 8.07. The van der Waals surface area contributed by atoms with Gasteiger partial charge in [-0.05, 0) is 18.7 Å². The normalized spacial score (nSPS) is 10.5. The number of nitrogens with one attached hydrogen (secondary N) is 1. The van der Waals surface area contributed by atoms with E-state index in [0.717, 1.165) is 0 Å². The van der Waals surface area contributed by atoms with Crippen LogP contribution in [-0.4, -0.2) is 21.7 Å². The highest BCUT2D eigenvalue weighted by Gasteiger charge is 2.09. The topological polar surface area (TPSA) is 67.6 Å². The Bertz CT molecular complexity index is 452. The number of nitrogens with two attached hydrogens (primary N) is 1. The Morgan fingerprint density at radius 3 is 2.87 bits per heavy atom. The molecule has 0 saturated heterocycles. The van der Waals surface area contributed by atoms with Gasteiger partial charge in [0.2, 0.25) is 0 Å². The molecular weight excluding hydrogens is 195 g/mol. The van der Waals surface area contributed by atoms with E-state index in [-0.39, 0.29) is 5.82 Å². The first-order valence-corrected chi connectivity index (χ1v) is 4.67. The molecule has 0 unspecified atom stereocenters. The van der Waals surface area contributed by atoms with Gasteiger partial charge in [0.05, 0.1) is 5.56 Å². The molecule has 0 aliphatic heterocycles. The highest BCUT2D eigenvalue weighted by atomic mass is 19.1. The number of H-pyrrole nitrogens is 1. The summed E-state index contributed by atoms with van der Waals surface area (Å²) in [5, 5.41) is 6.66. The number of hydrogen-bond donors (Lipinski definition) is 2. The summed E-state index contributed by atoms with van der Waals surface area (Å²) >= 11 is 0. The first-order valence-electron chi connectivity index (χ1n) is 4.67. The van der Waals surface area contributed by atoms with Crippen LogP contribution in [0.25, 0.3) is 11.4 Å². The van der Waals surface area contributed by atoms with Crippen molar-refractivity contribution in [3.05, 3.63) is 35.9 Å². The molecule has 0 spiro atoms. The summed E-state index contributed by atoms with van der Waals surface area (Å²) in [6.45, 7) is 0.492. The molecule has 2 rings (SSSR count).